The van der Waals surface area contributed by atoms with Crippen molar-refractivity contribution in [3.63, 3.8) is 0 Å². The van der Waals surface area contributed by atoms with E-state index in [4.69, 9.17) is 20.8 Å². The van der Waals surface area contributed by atoms with E-state index >= 15 is 0 Å². The molecule has 0 aliphatic heterocycles. The summed E-state index contributed by atoms with van der Waals surface area (Å²) in [5.74, 6) is 0.517. The molecule has 2 aromatic heterocycles. The number of hydrogen-bond acceptors (Lipinski definition) is 6. The van der Waals surface area contributed by atoms with Crippen LogP contribution in [-0.4, -0.2) is 33.1 Å². The van der Waals surface area contributed by atoms with Crippen molar-refractivity contribution in [2.24, 2.45) is 5.92 Å². The molecule has 0 saturated heterocycles. The monoisotopic (exact) mass is 361 g/mol. The lowest BCUT2D eigenvalue weighted by Gasteiger charge is -2.11. The molecule has 1 aliphatic carbocycles. The van der Waals surface area contributed by atoms with Gasteiger partial charge in [0, 0.05) is 5.02 Å². The fourth-order valence-corrected chi connectivity index (χ4v) is 3.26. The van der Waals surface area contributed by atoms with Gasteiger partial charge in [-0.15, -0.1) is 5.10 Å². The standard InChI is InChI=1S/C16H16ClN5O3/c17-10-5-6-12-11(7-10)13(24-8-9-3-1-2-4-9)14(25-12)15(23)18-16-19-21-22-20-16/h5-7,9H,1-4,8H2,(H2,18,19,20,21,22,23). The van der Waals surface area contributed by atoms with E-state index in [2.05, 4.69) is 25.9 Å². The van der Waals surface area contributed by atoms with Crippen molar-refractivity contribution in [3.05, 3.63) is 29.0 Å². The summed E-state index contributed by atoms with van der Waals surface area (Å²) in [5, 5.41) is 16.8. The molecule has 0 spiro atoms. The van der Waals surface area contributed by atoms with Crippen molar-refractivity contribution in [2.45, 2.75) is 25.7 Å². The Morgan fingerprint density at radius 3 is 3.00 bits per heavy atom. The number of furan rings is 1. The van der Waals surface area contributed by atoms with Gasteiger partial charge in [0.05, 0.1) is 12.0 Å². The zero-order valence-electron chi connectivity index (χ0n) is 13.3. The van der Waals surface area contributed by atoms with E-state index in [1.54, 1.807) is 18.2 Å². The van der Waals surface area contributed by atoms with Crippen LogP contribution >= 0.6 is 11.6 Å². The number of aromatic nitrogens is 4. The number of halogens is 1. The molecule has 1 saturated carbocycles. The highest BCUT2D eigenvalue weighted by molar-refractivity contribution is 6.31. The minimum Gasteiger partial charge on any atom is -0.488 e. The first-order chi connectivity index (χ1) is 12.2. The van der Waals surface area contributed by atoms with Crippen molar-refractivity contribution in [3.8, 4) is 5.75 Å². The predicted octanol–water partition coefficient (Wildman–Crippen LogP) is 3.42. The zero-order valence-corrected chi connectivity index (χ0v) is 14.0. The maximum Gasteiger partial charge on any atom is 0.297 e. The van der Waals surface area contributed by atoms with Crippen LogP contribution in [0.1, 0.15) is 36.2 Å². The summed E-state index contributed by atoms with van der Waals surface area (Å²) in [6.45, 7) is 0.545. The second-order valence-electron chi connectivity index (χ2n) is 6.05. The minimum atomic E-state index is -0.504. The molecule has 130 valence electrons. The molecule has 8 nitrogen and oxygen atoms in total. The third-order valence-corrected chi connectivity index (χ3v) is 4.55. The summed E-state index contributed by atoms with van der Waals surface area (Å²) >= 11 is 6.09. The van der Waals surface area contributed by atoms with Gasteiger partial charge in [0.15, 0.2) is 5.75 Å². The van der Waals surface area contributed by atoms with Gasteiger partial charge in [-0.2, -0.15) is 5.21 Å². The average Bonchev–Trinajstić information content (AvgIpc) is 3.33. The van der Waals surface area contributed by atoms with Gasteiger partial charge < -0.3 is 9.15 Å². The number of amides is 1. The molecule has 1 amide bonds. The number of hydrogen-bond donors (Lipinski definition) is 2. The van der Waals surface area contributed by atoms with E-state index < -0.39 is 5.91 Å². The minimum absolute atomic E-state index is 0.0604. The van der Waals surface area contributed by atoms with Crippen molar-refractivity contribution in [1.29, 1.82) is 0 Å². The highest BCUT2D eigenvalue weighted by atomic mass is 35.5. The number of carbonyl (C=O) groups excluding carboxylic acids is 1. The van der Waals surface area contributed by atoms with Crippen LogP contribution < -0.4 is 10.1 Å². The third kappa shape index (κ3) is 3.30. The second-order valence-corrected chi connectivity index (χ2v) is 6.49. The number of aromatic amines is 1. The number of rotatable bonds is 5. The fourth-order valence-electron chi connectivity index (χ4n) is 3.09. The molecular formula is C16H16ClN5O3. The number of benzene rings is 1. The molecule has 2 heterocycles. The Balaban J connectivity index is 1.66. The summed E-state index contributed by atoms with van der Waals surface area (Å²) < 4.78 is 11.7. The smallest absolute Gasteiger partial charge is 0.297 e. The van der Waals surface area contributed by atoms with Gasteiger partial charge >= 0.3 is 0 Å². The van der Waals surface area contributed by atoms with Gasteiger partial charge in [-0.1, -0.05) is 29.5 Å². The predicted molar refractivity (Wildman–Crippen MR) is 90.8 cm³/mol. The van der Waals surface area contributed by atoms with E-state index in [1.165, 1.54) is 12.8 Å². The lowest BCUT2D eigenvalue weighted by molar-refractivity contribution is 0.0991. The van der Waals surface area contributed by atoms with E-state index in [-0.39, 0.29) is 11.7 Å². The summed E-state index contributed by atoms with van der Waals surface area (Å²) in [7, 11) is 0. The first-order valence-electron chi connectivity index (χ1n) is 8.10. The Labute approximate surface area is 147 Å². The molecule has 2 N–H and O–H groups in total. The van der Waals surface area contributed by atoms with Crippen LogP contribution in [0.25, 0.3) is 11.0 Å². The molecule has 0 unspecified atom stereocenters. The Morgan fingerprint density at radius 2 is 2.24 bits per heavy atom. The summed E-state index contributed by atoms with van der Waals surface area (Å²) in [4.78, 5) is 12.5. The molecule has 0 atom stereocenters. The lowest BCUT2D eigenvalue weighted by Crippen LogP contribution is -2.15. The van der Waals surface area contributed by atoms with Crippen molar-refractivity contribution >= 4 is 34.4 Å². The van der Waals surface area contributed by atoms with E-state index in [1.807, 2.05) is 0 Å². The van der Waals surface area contributed by atoms with Gasteiger partial charge in [0.2, 0.25) is 5.76 Å². The first kappa shape index (κ1) is 15.9. The number of H-pyrrole nitrogens is 1. The highest BCUT2D eigenvalue weighted by Gasteiger charge is 2.25. The van der Waals surface area contributed by atoms with Crippen molar-refractivity contribution < 1.29 is 13.9 Å². The van der Waals surface area contributed by atoms with Crippen molar-refractivity contribution in [1.82, 2.24) is 20.6 Å². The largest absolute Gasteiger partial charge is 0.488 e. The Hall–Kier alpha value is -2.61. The van der Waals surface area contributed by atoms with Crippen molar-refractivity contribution in [2.75, 3.05) is 11.9 Å². The van der Waals surface area contributed by atoms with Gasteiger partial charge in [-0.05, 0) is 42.2 Å². The van der Waals surface area contributed by atoms with Crippen LogP contribution in [0.3, 0.4) is 0 Å². The topological polar surface area (TPSA) is 106 Å². The molecule has 4 rings (SSSR count). The van der Waals surface area contributed by atoms with Gasteiger partial charge in [0.1, 0.15) is 5.58 Å². The maximum absolute atomic E-state index is 12.5. The van der Waals surface area contributed by atoms with Gasteiger partial charge in [-0.3, -0.25) is 10.1 Å². The number of fused-ring (bicyclic) bond motifs is 1. The Kier molecular flexibility index (Phi) is 4.27. The fraction of sp³-hybridized carbons (Fsp3) is 0.375. The van der Waals surface area contributed by atoms with Crippen LogP contribution in [-0.2, 0) is 0 Å². The molecule has 9 heteroatoms. The van der Waals surface area contributed by atoms with Crippen LogP contribution in [0.4, 0.5) is 5.95 Å². The van der Waals surface area contributed by atoms with Gasteiger partial charge in [0.25, 0.3) is 11.9 Å². The molecule has 1 fully saturated rings. The first-order valence-corrected chi connectivity index (χ1v) is 8.48. The number of tetrazole rings is 1. The SMILES string of the molecule is O=C(Nc1nn[nH]n1)c1oc2ccc(Cl)cc2c1OCC1CCCC1. The summed E-state index contributed by atoms with van der Waals surface area (Å²) in [6.07, 6.45) is 4.72. The normalized spacial score (nSPS) is 14.9. The summed E-state index contributed by atoms with van der Waals surface area (Å²) in [5.41, 5.74) is 0.532. The quantitative estimate of drug-likeness (QED) is 0.721. The average molecular weight is 362 g/mol. The number of anilines is 1. The van der Waals surface area contributed by atoms with Crippen LogP contribution in [0.2, 0.25) is 5.02 Å². The lowest BCUT2D eigenvalue weighted by atomic mass is 10.1. The Bertz CT molecular complexity index is 887. The van der Waals surface area contributed by atoms with E-state index in [0.29, 0.717) is 34.3 Å². The molecule has 0 bridgehead atoms. The number of nitrogens with one attached hydrogen (secondary N) is 2. The highest BCUT2D eigenvalue weighted by Crippen LogP contribution is 2.36. The molecule has 1 aliphatic rings. The number of ether oxygens (including phenoxy) is 1. The van der Waals surface area contributed by atoms with E-state index in [9.17, 15) is 4.79 Å². The zero-order chi connectivity index (χ0) is 17.2. The molecule has 1 aromatic carbocycles. The van der Waals surface area contributed by atoms with Crippen LogP contribution in [0, 0.1) is 5.92 Å². The molecule has 0 radical (unpaired) electrons. The Morgan fingerprint density at radius 1 is 1.40 bits per heavy atom. The maximum atomic E-state index is 12.5. The van der Waals surface area contributed by atoms with Crippen LogP contribution in [0.5, 0.6) is 5.75 Å². The number of carbonyl (C=O) groups is 1. The molecular weight excluding hydrogens is 346 g/mol. The van der Waals surface area contributed by atoms with Crippen LogP contribution in [0.15, 0.2) is 22.6 Å². The number of nitrogens with zero attached hydrogens (tertiary/aromatic N) is 3. The van der Waals surface area contributed by atoms with Gasteiger partial charge in [-0.25, -0.2) is 0 Å². The molecule has 25 heavy (non-hydrogen) atoms. The molecule has 3 aromatic rings. The summed E-state index contributed by atoms with van der Waals surface area (Å²) in [6, 6.07) is 5.15. The van der Waals surface area contributed by atoms with E-state index in [0.717, 1.165) is 12.8 Å². The second kappa shape index (κ2) is 6.72. The third-order valence-electron chi connectivity index (χ3n) is 4.32.